The Hall–Kier alpha value is -4.04. The van der Waals surface area contributed by atoms with Gasteiger partial charge in [0, 0.05) is 18.7 Å². The second kappa shape index (κ2) is 9.86. The molecule has 2 fully saturated rings. The molecule has 3 aromatic rings. The number of urea groups is 1. The number of rotatable bonds is 5. The van der Waals surface area contributed by atoms with E-state index in [-0.39, 0.29) is 36.1 Å². The van der Waals surface area contributed by atoms with E-state index in [1.165, 1.54) is 29.4 Å². The van der Waals surface area contributed by atoms with E-state index in [2.05, 4.69) is 30.2 Å². The van der Waals surface area contributed by atoms with Gasteiger partial charge in [-0.1, -0.05) is 12.1 Å². The van der Waals surface area contributed by atoms with Crippen molar-refractivity contribution >= 4 is 23.5 Å². The highest BCUT2D eigenvalue weighted by atomic mass is 19.4. The first-order valence-corrected chi connectivity index (χ1v) is 12.7. The third-order valence-electron chi connectivity index (χ3n) is 6.86. The van der Waals surface area contributed by atoms with Crippen LogP contribution in [-0.2, 0) is 15.7 Å². The lowest BCUT2D eigenvalue weighted by Crippen LogP contribution is -2.48. The molecule has 2 amide bonds. The van der Waals surface area contributed by atoms with Gasteiger partial charge in [0.15, 0.2) is 23.2 Å². The highest BCUT2D eigenvalue weighted by Crippen LogP contribution is 2.40. The number of ether oxygens (including phenoxy) is 3. The molecule has 0 unspecified atom stereocenters. The van der Waals surface area contributed by atoms with Crippen molar-refractivity contribution in [1.29, 1.82) is 0 Å². The number of hydrogen-bond donors (Lipinski definition) is 1. The van der Waals surface area contributed by atoms with Crippen LogP contribution in [0.4, 0.5) is 35.4 Å². The van der Waals surface area contributed by atoms with Crippen LogP contribution in [-0.4, -0.2) is 70.2 Å². The summed E-state index contributed by atoms with van der Waals surface area (Å²) < 4.78 is 56.7. The van der Waals surface area contributed by atoms with Gasteiger partial charge in [-0.3, -0.25) is 10.2 Å². The van der Waals surface area contributed by atoms with E-state index in [1.807, 2.05) is 13.8 Å². The van der Waals surface area contributed by atoms with E-state index in [4.69, 9.17) is 14.2 Å². The lowest BCUT2D eigenvalue weighted by atomic mass is 10.1. The summed E-state index contributed by atoms with van der Waals surface area (Å²) in [6, 6.07) is 4.10. The molecule has 2 saturated heterocycles. The molecule has 11 nitrogen and oxygen atoms in total. The minimum atomic E-state index is -4.50. The topological polar surface area (TPSA) is 115 Å². The highest BCUT2D eigenvalue weighted by molar-refractivity contribution is 6.03. The van der Waals surface area contributed by atoms with Crippen molar-refractivity contribution in [2.45, 2.75) is 44.4 Å². The summed E-state index contributed by atoms with van der Waals surface area (Å²) in [7, 11) is 0. The molecule has 3 aliphatic heterocycles. The van der Waals surface area contributed by atoms with E-state index in [0.717, 1.165) is 12.1 Å². The van der Waals surface area contributed by atoms with Gasteiger partial charge in [-0.2, -0.15) is 13.2 Å². The Bertz CT molecular complexity index is 1420. The number of benzene rings is 1. The van der Waals surface area contributed by atoms with E-state index in [0.29, 0.717) is 43.4 Å². The van der Waals surface area contributed by atoms with Crippen LogP contribution in [0.25, 0.3) is 11.4 Å². The molecule has 14 heteroatoms. The second-order valence-corrected chi connectivity index (χ2v) is 10.2. The predicted octanol–water partition coefficient (Wildman–Crippen LogP) is 4.11. The largest absolute Gasteiger partial charge is 0.488 e. The first-order chi connectivity index (χ1) is 19.1. The Balaban J connectivity index is 1.19. The quantitative estimate of drug-likeness (QED) is 0.495. The lowest BCUT2D eigenvalue weighted by molar-refractivity contribution is -0.141. The average molecular weight is 558 g/mol. The van der Waals surface area contributed by atoms with E-state index < -0.39 is 23.6 Å². The maximum absolute atomic E-state index is 13.4. The molecular formula is C26H26F3N7O4. The smallest absolute Gasteiger partial charge is 0.416 e. The zero-order valence-corrected chi connectivity index (χ0v) is 21.7. The molecular weight excluding hydrogens is 531 g/mol. The molecule has 3 aliphatic rings. The summed E-state index contributed by atoms with van der Waals surface area (Å²) in [6.07, 6.45) is 0.403. The van der Waals surface area contributed by atoms with Crippen LogP contribution in [0.15, 0.2) is 42.9 Å². The van der Waals surface area contributed by atoms with Crippen molar-refractivity contribution in [1.82, 2.24) is 19.9 Å². The fourth-order valence-corrected chi connectivity index (χ4v) is 4.99. The van der Waals surface area contributed by atoms with Crippen molar-refractivity contribution < 1.29 is 32.2 Å². The van der Waals surface area contributed by atoms with Crippen molar-refractivity contribution in [3.05, 3.63) is 48.4 Å². The van der Waals surface area contributed by atoms with Gasteiger partial charge in [-0.05, 0) is 32.4 Å². The molecule has 40 heavy (non-hydrogen) atoms. The molecule has 1 N–H and O–H groups in total. The van der Waals surface area contributed by atoms with E-state index in [9.17, 15) is 18.0 Å². The monoisotopic (exact) mass is 557 g/mol. The second-order valence-electron chi connectivity index (χ2n) is 10.2. The summed E-state index contributed by atoms with van der Waals surface area (Å²) in [5.74, 6) is 0.215. The number of nitrogens with one attached hydrogen (secondary N) is 1. The van der Waals surface area contributed by atoms with Crippen LogP contribution < -0.4 is 19.9 Å². The normalized spacial score (nSPS) is 21.3. The molecule has 5 heterocycles. The SMILES string of the molecule is CC1(C)OC[C@H](COc2cnc(NC(=O)N3c4nc(-c5cccc(C(F)(F)F)c5)ncc4N4CC[C@H]3C4)nc2)O1. The lowest BCUT2D eigenvalue weighted by Gasteiger charge is -2.35. The number of carbonyl (C=O) groups excluding carboxylic acids is 1. The summed E-state index contributed by atoms with van der Waals surface area (Å²) in [4.78, 5) is 34.2. The van der Waals surface area contributed by atoms with Gasteiger partial charge in [-0.25, -0.2) is 24.7 Å². The van der Waals surface area contributed by atoms with Crippen LogP contribution in [0, 0.1) is 0 Å². The van der Waals surface area contributed by atoms with Gasteiger partial charge in [0.2, 0.25) is 5.95 Å². The van der Waals surface area contributed by atoms with Gasteiger partial charge >= 0.3 is 12.2 Å². The molecule has 0 spiro atoms. The Morgan fingerprint density at radius 2 is 2.00 bits per heavy atom. The molecule has 6 rings (SSSR count). The van der Waals surface area contributed by atoms with Crippen LogP contribution >= 0.6 is 0 Å². The minimum absolute atomic E-state index is 0.0630. The van der Waals surface area contributed by atoms with Crippen molar-refractivity contribution in [3.8, 4) is 17.1 Å². The van der Waals surface area contributed by atoms with E-state index >= 15 is 0 Å². The van der Waals surface area contributed by atoms with Crippen LogP contribution in [0.5, 0.6) is 5.75 Å². The zero-order chi connectivity index (χ0) is 28.1. The van der Waals surface area contributed by atoms with Crippen molar-refractivity contribution in [2.24, 2.45) is 0 Å². The van der Waals surface area contributed by atoms with Crippen LogP contribution in [0.3, 0.4) is 0 Å². The Morgan fingerprint density at radius 1 is 1.20 bits per heavy atom. The Morgan fingerprint density at radius 3 is 2.73 bits per heavy atom. The third kappa shape index (κ3) is 5.23. The molecule has 210 valence electrons. The number of hydrogen-bond acceptors (Lipinski definition) is 9. The molecule has 2 bridgehead atoms. The number of aromatic nitrogens is 4. The summed E-state index contributed by atoms with van der Waals surface area (Å²) in [5.41, 5.74) is 0.0239. The van der Waals surface area contributed by atoms with Gasteiger partial charge in [0.1, 0.15) is 12.7 Å². The maximum Gasteiger partial charge on any atom is 0.416 e. The van der Waals surface area contributed by atoms with Gasteiger partial charge in [0.05, 0.1) is 42.5 Å². The third-order valence-corrected chi connectivity index (χ3v) is 6.86. The number of fused-ring (bicyclic) bond motifs is 4. The Kier molecular flexibility index (Phi) is 6.45. The van der Waals surface area contributed by atoms with Crippen LogP contribution in [0.1, 0.15) is 25.8 Å². The predicted molar refractivity (Wildman–Crippen MR) is 137 cm³/mol. The van der Waals surface area contributed by atoms with Crippen LogP contribution in [0.2, 0.25) is 0 Å². The van der Waals surface area contributed by atoms with E-state index in [1.54, 1.807) is 6.20 Å². The Labute approximate surface area is 227 Å². The number of halogens is 3. The number of alkyl halides is 3. The fourth-order valence-electron chi connectivity index (χ4n) is 4.99. The number of nitrogens with zero attached hydrogens (tertiary/aromatic N) is 6. The molecule has 1 aromatic carbocycles. The molecule has 0 aliphatic carbocycles. The summed E-state index contributed by atoms with van der Waals surface area (Å²) in [6.45, 7) is 5.62. The first kappa shape index (κ1) is 26.2. The standard InChI is InChI=1S/C26H26F3N7O4/c1-25(2)39-14-19(40-25)13-38-18-9-31-23(32-10-18)34-24(37)36-17-6-7-35(12-17)20-11-30-21(33-22(20)36)15-4-3-5-16(8-15)26(27,28)29/h3-5,8-11,17,19H,6-7,12-14H2,1-2H3,(H,31,32,34,37)/t17-,19-/m0/s1. The first-order valence-electron chi connectivity index (χ1n) is 12.7. The van der Waals surface area contributed by atoms with Gasteiger partial charge in [-0.15, -0.1) is 0 Å². The molecule has 2 aromatic heterocycles. The molecule has 0 saturated carbocycles. The van der Waals surface area contributed by atoms with Gasteiger partial charge in [0.25, 0.3) is 0 Å². The molecule has 0 radical (unpaired) electrons. The average Bonchev–Trinajstić information content (AvgIpc) is 3.50. The van der Waals surface area contributed by atoms with Crippen molar-refractivity contribution in [2.75, 3.05) is 41.4 Å². The van der Waals surface area contributed by atoms with Crippen molar-refractivity contribution in [3.63, 3.8) is 0 Å². The minimum Gasteiger partial charge on any atom is -0.488 e. The summed E-state index contributed by atoms with van der Waals surface area (Å²) in [5, 5.41) is 2.70. The zero-order valence-electron chi connectivity index (χ0n) is 21.7. The molecule has 2 atom stereocenters. The highest BCUT2D eigenvalue weighted by Gasteiger charge is 2.41. The number of anilines is 3. The van der Waals surface area contributed by atoms with Gasteiger partial charge < -0.3 is 19.1 Å². The fraction of sp³-hybridized carbons (Fsp3) is 0.423. The number of amides is 2. The number of carbonyl (C=O) groups is 1. The maximum atomic E-state index is 13.4. The summed E-state index contributed by atoms with van der Waals surface area (Å²) >= 11 is 0.